The maximum absolute atomic E-state index is 12.1. The number of pyridine rings is 1. The molecule has 0 saturated carbocycles. The van der Waals surface area contributed by atoms with Crippen molar-refractivity contribution in [1.82, 2.24) is 15.2 Å². The highest BCUT2D eigenvalue weighted by Gasteiger charge is 2.11. The summed E-state index contributed by atoms with van der Waals surface area (Å²) in [6, 6.07) is 3.69. The zero-order valence-corrected chi connectivity index (χ0v) is 13.5. The molecular formula is C16H19N3O2S. The Labute approximate surface area is 134 Å². The second-order valence-corrected chi connectivity index (χ2v) is 5.85. The lowest BCUT2D eigenvalue weighted by atomic mass is 10.1. The predicted molar refractivity (Wildman–Crippen MR) is 86.7 cm³/mol. The second-order valence-electron chi connectivity index (χ2n) is 5.07. The first-order valence-corrected chi connectivity index (χ1v) is 7.96. The molecule has 1 N–H and O–H groups in total. The highest BCUT2D eigenvalue weighted by atomic mass is 32.1. The van der Waals surface area contributed by atoms with Gasteiger partial charge in [0, 0.05) is 49.9 Å². The molecule has 0 aromatic carbocycles. The van der Waals surface area contributed by atoms with Gasteiger partial charge in [-0.2, -0.15) is 11.3 Å². The van der Waals surface area contributed by atoms with Gasteiger partial charge in [-0.1, -0.05) is 0 Å². The molecule has 2 aromatic rings. The Kier molecular flexibility index (Phi) is 5.66. The first-order chi connectivity index (χ1) is 10.6. The van der Waals surface area contributed by atoms with E-state index in [4.69, 9.17) is 0 Å². The van der Waals surface area contributed by atoms with Crippen LogP contribution in [0.1, 0.15) is 27.9 Å². The van der Waals surface area contributed by atoms with Crippen LogP contribution in [-0.4, -0.2) is 35.3 Å². The number of thiophene rings is 1. The van der Waals surface area contributed by atoms with Crippen molar-refractivity contribution < 1.29 is 9.59 Å². The number of carbonyl (C=O) groups is 2. The number of carbonyl (C=O) groups excluding carboxylic acids is 2. The molecule has 0 unspecified atom stereocenters. The van der Waals surface area contributed by atoms with Crippen molar-refractivity contribution in [1.29, 1.82) is 0 Å². The van der Waals surface area contributed by atoms with Crippen LogP contribution < -0.4 is 5.32 Å². The predicted octanol–water partition coefficient (Wildman–Crippen LogP) is 2.23. The molecule has 0 aliphatic heterocycles. The van der Waals surface area contributed by atoms with E-state index < -0.39 is 0 Å². The van der Waals surface area contributed by atoms with Crippen molar-refractivity contribution in [3.63, 3.8) is 0 Å². The van der Waals surface area contributed by atoms with Gasteiger partial charge in [0.2, 0.25) is 5.91 Å². The summed E-state index contributed by atoms with van der Waals surface area (Å²) < 4.78 is 0. The van der Waals surface area contributed by atoms with Gasteiger partial charge in [-0.15, -0.1) is 0 Å². The smallest absolute Gasteiger partial charge is 0.252 e. The van der Waals surface area contributed by atoms with Gasteiger partial charge >= 0.3 is 0 Å². The first-order valence-electron chi connectivity index (χ1n) is 7.02. The van der Waals surface area contributed by atoms with Gasteiger partial charge in [-0.25, -0.2) is 0 Å². The van der Waals surface area contributed by atoms with Crippen LogP contribution in [-0.2, 0) is 11.3 Å². The molecule has 6 heteroatoms. The third-order valence-corrected chi connectivity index (χ3v) is 4.07. The van der Waals surface area contributed by atoms with Gasteiger partial charge in [-0.05, 0) is 35.6 Å². The molecule has 0 bridgehead atoms. The van der Waals surface area contributed by atoms with Crippen LogP contribution in [0.15, 0.2) is 35.3 Å². The Hall–Kier alpha value is -2.21. The summed E-state index contributed by atoms with van der Waals surface area (Å²) in [5.74, 6) is -0.145. The fourth-order valence-corrected chi connectivity index (χ4v) is 2.61. The Morgan fingerprint density at radius 2 is 2.18 bits per heavy atom. The number of aryl methyl sites for hydroxylation is 1. The largest absolute Gasteiger partial charge is 0.351 e. The number of aromatic nitrogens is 1. The topological polar surface area (TPSA) is 62.3 Å². The van der Waals surface area contributed by atoms with E-state index in [0.717, 1.165) is 11.1 Å². The number of hydrogen-bond donors (Lipinski definition) is 1. The molecule has 2 amide bonds. The zero-order chi connectivity index (χ0) is 15.9. The Morgan fingerprint density at radius 1 is 1.36 bits per heavy atom. The molecule has 0 radical (unpaired) electrons. The van der Waals surface area contributed by atoms with E-state index >= 15 is 0 Å². The van der Waals surface area contributed by atoms with E-state index in [1.165, 1.54) is 11.3 Å². The molecule has 2 heterocycles. The van der Waals surface area contributed by atoms with Gasteiger partial charge in [0.15, 0.2) is 0 Å². The standard InChI is InChI=1S/C16H19N3O2S/c1-12-3-6-17-9-14(12)10-19(2)15(20)4-7-18-16(21)13-5-8-22-11-13/h3,5-6,8-9,11H,4,7,10H2,1-2H3,(H,18,21). The summed E-state index contributed by atoms with van der Waals surface area (Å²) in [7, 11) is 1.76. The molecular weight excluding hydrogens is 298 g/mol. The normalized spacial score (nSPS) is 10.3. The van der Waals surface area contributed by atoms with Gasteiger partial charge in [0.05, 0.1) is 0 Å². The fraction of sp³-hybridized carbons (Fsp3) is 0.312. The summed E-state index contributed by atoms with van der Waals surface area (Å²) in [5.41, 5.74) is 2.78. The molecule has 2 rings (SSSR count). The van der Waals surface area contributed by atoms with Crippen LogP contribution in [0.25, 0.3) is 0 Å². The maximum Gasteiger partial charge on any atom is 0.252 e. The SMILES string of the molecule is Cc1ccncc1CN(C)C(=O)CCNC(=O)c1ccsc1. The minimum atomic E-state index is -0.139. The minimum Gasteiger partial charge on any atom is -0.351 e. The number of nitrogens with one attached hydrogen (secondary N) is 1. The van der Waals surface area contributed by atoms with E-state index in [1.807, 2.05) is 18.4 Å². The molecule has 5 nitrogen and oxygen atoms in total. The van der Waals surface area contributed by atoms with Gasteiger partial charge in [0.1, 0.15) is 0 Å². The van der Waals surface area contributed by atoms with Gasteiger partial charge in [-0.3, -0.25) is 14.6 Å². The fourth-order valence-electron chi connectivity index (χ4n) is 1.98. The van der Waals surface area contributed by atoms with Crippen molar-refractivity contribution in [2.24, 2.45) is 0 Å². The number of hydrogen-bond acceptors (Lipinski definition) is 4. The Balaban J connectivity index is 1.77. The summed E-state index contributed by atoms with van der Waals surface area (Å²) in [6.07, 6.45) is 3.80. The molecule has 22 heavy (non-hydrogen) atoms. The second kappa shape index (κ2) is 7.70. The van der Waals surface area contributed by atoms with Crippen molar-refractivity contribution in [3.05, 3.63) is 52.0 Å². The van der Waals surface area contributed by atoms with Gasteiger partial charge < -0.3 is 10.2 Å². The van der Waals surface area contributed by atoms with E-state index in [2.05, 4.69) is 10.3 Å². The number of amides is 2. The average Bonchev–Trinajstić information content (AvgIpc) is 3.03. The summed E-state index contributed by atoms with van der Waals surface area (Å²) in [4.78, 5) is 29.6. The summed E-state index contributed by atoms with van der Waals surface area (Å²) in [5, 5.41) is 6.39. The van der Waals surface area contributed by atoms with Crippen LogP contribution in [0.4, 0.5) is 0 Å². The van der Waals surface area contributed by atoms with Crippen LogP contribution >= 0.6 is 11.3 Å². The molecule has 0 fully saturated rings. The lowest BCUT2D eigenvalue weighted by molar-refractivity contribution is -0.130. The van der Waals surface area contributed by atoms with Crippen LogP contribution in [0.3, 0.4) is 0 Å². The van der Waals surface area contributed by atoms with E-state index in [-0.39, 0.29) is 18.2 Å². The van der Waals surface area contributed by atoms with E-state index in [0.29, 0.717) is 18.7 Å². The average molecular weight is 317 g/mol. The molecule has 0 atom stereocenters. The highest BCUT2D eigenvalue weighted by Crippen LogP contribution is 2.09. The highest BCUT2D eigenvalue weighted by molar-refractivity contribution is 7.08. The zero-order valence-electron chi connectivity index (χ0n) is 12.7. The van der Waals surface area contributed by atoms with E-state index in [1.54, 1.807) is 35.8 Å². The summed E-state index contributed by atoms with van der Waals surface area (Å²) in [6.45, 7) is 2.86. The minimum absolute atomic E-state index is 0.00567. The quantitative estimate of drug-likeness (QED) is 0.888. The summed E-state index contributed by atoms with van der Waals surface area (Å²) >= 11 is 1.47. The lowest BCUT2D eigenvalue weighted by Crippen LogP contribution is -2.31. The first kappa shape index (κ1) is 16.2. The molecule has 0 aliphatic carbocycles. The van der Waals surface area contributed by atoms with E-state index in [9.17, 15) is 9.59 Å². The van der Waals surface area contributed by atoms with Crippen LogP contribution in [0.2, 0.25) is 0 Å². The molecule has 0 saturated heterocycles. The van der Waals surface area contributed by atoms with Crippen molar-refractivity contribution in [3.8, 4) is 0 Å². The molecule has 2 aromatic heterocycles. The molecule has 0 aliphatic rings. The number of nitrogens with zero attached hydrogens (tertiary/aromatic N) is 2. The van der Waals surface area contributed by atoms with Gasteiger partial charge in [0.25, 0.3) is 5.91 Å². The Bertz CT molecular complexity index is 641. The van der Waals surface area contributed by atoms with Crippen molar-refractivity contribution in [2.45, 2.75) is 19.9 Å². The Morgan fingerprint density at radius 3 is 2.86 bits per heavy atom. The van der Waals surface area contributed by atoms with Crippen molar-refractivity contribution >= 4 is 23.2 Å². The third-order valence-electron chi connectivity index (χ3n) is 3.39. The molecule has 0 spiro atoms. The third kappa shape index (κ3) is 4.39. The maximum atomic E-state index is 12.1. The lowest BCUT2D eigenvalue weighted by Gasteiger charge is -2.18. The molecule has 116 valence electrons. The van der Waals surface area contributed by atoms with Crippen molar-refractivity contribution in [2.75, 3.05) is 13.6 Å². The van der Waals surface area contributed by atoms with Crippen LogP contribution in [0.5, 0.6) is 0 Å². The number of rotatable bonds is 6. The van der Waals surface area contributed by atoms with Crippen LogP contribution in [0, 0.1) is 6.92 Å². The monoisotopic (exact) mass is 317 g/mol.